The van der Waals surface area contributed by atoms with E-state index in [1.54, 1.807) is 22.5 Å². The Kier molecular flexibility index (Phi) is 2.88. The SMILES string of the molecule is Clc1cc2c3c(c4cc(-c5ccccc5)sc4c2s1)CCC3. The van der Waals surface area contributed by atoms with Crippen LogP contribution in [0.15, 0.2) is 42.5 Å². The molecule has 0 radical (unpaired) electrons. The van der Waals surface area contributed by atoms with Gasteiger partial charge < -0.3 is 0 Å². The average molecular weight is 341 g/mol. The lowest BCUT2D eigenvalue weighted by atomic mass is 10.0. The number of aryl methyl sites for hydroxylation is 2. The van der Waals surface area contributed by atoms with Crippen LogP contribution in [0.1, 0.15) is 17.5 Å². The van der Waals surface area contributed by atoms with Crippen molar-refractivity contribution in [2.24, 2.45) is 0 Å². The molecule has 0 spiro atoms. The highest BCUT2D eigenvalue weighted by molar-refractivity contribution is 7.30. The quantitative estimate of drug-likeness (QED) is 0.352. The van der Waals surface area contributed by atoms with Gasteiger partial charge in [-0.3, -0.25) is 0 Å². The van der Waals surface area contributed by atoms with Gasteiger partial charge >= 0.3 is 0 Å². The van der Waals surface area contributed by atoms with Crippen LogP contribution in [0.5, 0.6) is 0 Å². The lowest BCUT2D eigenvalue weighted by molar-refractivity contribution is 0.915. The highest BCUT2D eigenvalue weighted by Crippen LogP contribution is 2.47. The van der Waals surface area contributed by atoms with E-state index in [1.165, 1.54) is 49.9 Å². The normalized spacial score (nSPS) is 14.0. The molecule has 4 aromatic rings. The molecule has 108 valence electrons. The van der Waals surface area contributed by atoms with Gasteiger partial charge in [0.25, 0.3) is 0 Å². The fraction of sp³-hybridized carbons (Fsp3) is 0.158. The molecule has 0 saturated carbocycles. The number of rotatable bonds is 1. The zero-order valence-electron chi connectivity index (χ0n) is 11.9. The Hall–Kier alpha value is -1.35. The highest BCUT2D eigenvalue weighted by Gasteiger charge is 2.22. The summed E-state index contributed by atoms with van der Waals surface area (Å²) in [5.74, 6) is 0. The first kappa shape index (κ1) is 13.1. The highest BCUT2D eigenvalue weighted by atomic mass is 35.5. The van der Waals surface area contributed by atoms with Crippen molar-refractivity contribution in [1.29, 1.82) is 0 Å². The van der Waals surface area contributed by atoms with Crippen molar-refractivity contribution in [3.8, 4) is 10.4 Å². The minimum absolute atomic E-state index is 0.909. The van der Waals surface area contributed by atoms with Crippen LogP contribution in [0.3, 0.4) is 0 Å². The Morgan fingerprint density at radius 2 is 1.50 bits per heavy atom. The van der Waals surface area contributed by atoms with Gasteiger partial charge in [-0.15, -0.1) is 22.7 Å². The third-order valence-corrected chi connectivity index (χ3v) is 7.18. The summed E-state index contributed by atoms with van der Waals surface area (Å²) >= 11 is 9.98. The number of thiophene rings is 2. The molecule has 0 N–H and O–H groups in total. The minimum Gasteiger partial charge on any atom is -0.134 e. The minimum atomic E-state index is 0.909. The molecular formula is C19H13ClS2. The molecule has 5 rings (SSSR count). The molecule has 0 aliphatic heterocycles. The first-order chi connectivity index (χ1) is 10.8. The van der Waals surface area contributed by atoms with E-state index in [0.717, 1.165) is 4.34 Å². The maximum absolute atomic E-state index is 6.33. The Morgan fingerprint density at radius 3 is 2.27 bits per heavy atom. The van der Waals surface area contributed by atoms with Gasteiger partial charge in [0, 0.05) is 4.88 Å². The molecule has 1 aliphatic rings. The Morgan fingerprint density at radius 1 is 0.818 bits per heavy atom. The summed E-state index contributed by atoms with van der Waals surface area (Å²) in [7, 11) is 0. The molecule has 2 aromatic carbocycles. The van der Waals surface area contributed by atoms with Crippen molar-refractivity contribution in [2.75, 3.05) is 0 Å². The fourth-order valence-corrected chi connectivity index (χ4v) is 6.22. The van der Waals surface area contributed by atoms with Crippen molar-refractivity contribution in [3.63, 3.8) is 0 Å². The molecule has 0 saturated heterocycles. The van der Waals surface area contributed by atoms with Crippen LogP contribution in [0.4, 0.5) is 0 Å². The number of benzene rings is 2. The topological polar surface area (TPSA) is 0 Å². The first-order valence-corrected chi connectivity index (χ1v) is 9.54. The van der Waals surface area contributed by atoms with E-state index in [1.807, 2.05) is 11.3 Å². The van der Waals surface area contributed by atoms with E-state index in [9.17, 15) is 0 Å². The fourth-order valence-electron chi connectivity index (χ4n) is 3.62. The molecule has 1 aliphatic carbocycles. The Bertz CT molecular complexity index is 1010. The summed E-state index contributed by atoms with van der Waals surface area (Å²) in [6.45, 7) is 0. The predicted molar refractivity (Wildman–Crippen MR) is 99.7 cm³/mol. The summed E-state index contributed by atoms with van der Waals surface area (Å²) < 4.78 is 3.71. The van der Waals surface area contributed by atoms with Crippen molar-refractivity contribution in [2.45, 2.75) is 19.3 Å². The summed E-state index contributed by atoms with van der Waals surface area (Å²) in [4.78, 5) is 1.36. The number of fused-ring (bicyclic) bond motifs is 6. The van der Waals surface area contributed by atoms with Gasteiger partial charge in [-0.2, -0.15) is 0 Å². The molecule has 0 fully saturated rings. The van der Waals surface area contributed by atoms with Crippen molar-refractivity contribution in [3.05, 3.63) is 57.9 Å². The summed E-state index contributed by atoms with van der Waals surface area (Å²) in [6.07, 6.45) is 3.68. The molecule has 0 amide bonds. The number of hydrogen-bond donors (Lipinski definition) is 0. The van der Waals surface area contributed by atoms with Crippen LogP contribution in [-0.2, 0) is 12.8 Å². The van der Waals surface area contributed by atoms with Crippen LogP contribution in [0, 0.1) is 0 Å². The van der Waals surface area contributed by atoms with Gasteiger partial charge in [-0.05, 0) is 58.9 Å². The lowest BCUT2D eigenvalue weighted by Crippen LogP contribution is -1.83. The zero-order chi connectivity index (χ0) is 14.7. The largest absolute Gasteiger partial charge is 0.134 e. The van der Waals surface area contributed by atoms with Gasteiger partial charge in [0.2, 0.25) is 0 Å². The second kappa shape index (κ2) is 4.82. The summed E-state index contributed by atoms with van der Waals surface area (Å²) in [6, 6.07) is 15.3. The zero-order valence-corrected chi connectivity index (χ0v) is 14.2. The maximum atomic E-state index is 6.33. The van der Waals surface area contributed by atoms with E-state index in [2.05, 4.69) is 42.5 Å². The average Bonchev–Trinajstić information content (AvgIpc) is 3.23. The summed E-state index contributed by atoms with van der Waals surface area (Å²) in [5, 5.41) is 2.86. The van der Waals surface area contributed by atoms with Gasteiger partial charge in [0.1, 0.15) is 0 Å². The van der Waals surface area contributed by atoms with Gasteiger partial charge in [-0.1, -0.05) is 41.9 Å². The number of hydrogen-bond acceptors (Lipinski definition) is 2. The van der Waals surface area contributed by atoms with Crippen LogP contribution in [0.2, 0.25) is 4.34 Å². The van der Waals surface area contributed by atoms with Crippen molar-refractivity contribution >= 4 is 54.4 Å². The molecule has 2 heterocycles. The number of halogens is 1. The first-order valence-electron chi connectivity index (χ1n) is 7.53. The molecule has 22 heavy (non-hydrogen) atoms. The third kappa shape index (κ3) is 1.81. The van der Waals surface area contributed by atoms with Crippen molar-refractivity contribution in [1.82, 2.24) is 0 Å². The van der Waals surface area contributed by atoms with E-state index in [0.29, 0.717) is 0 Å². The molecule has 0 nitrogen and oxygen atoms in total. The monoisotopic (exact) mass is 340 g/mol. The lowest BCUT2D eigenvalue weighted by Gasteiger charge is -2.03. The maximum Gasteiger partial charge on any atom is 0.0941 e. The van der Waals surface area contributed by atoms with Crippen LogP contribution < -0.4 is 0 Å². The van der Waals surface area contributed by atoms with E-state index in [-0.39, 0.29) is 0 Å². The molecule has 2 aromatic heterocycles. The smallest absolute Gasteiger partial charge is 0.0941 e. The van der Waals surface area contributed by atoms with E-state index in [4.69, 9.17) is 11.6 Å². The van der Waals surface area contributed by atoms with Crippen LogP contribution >= 0.6 is 34.3 Å². The van der Waals surface area contributed by atoms with Gasteiger partial charge in [-0.25, -0.2) is 0 Å². The molecule has 0 bridgehead atoms. The van der Waals surface area contributed by atoms with Gasteiger partial charge in [0.15, 0.2) is 0 Å². The van der Waals surface area contributed by atoms with Crippen LogP contribution in [0.25, 0.3) is 30.6 Å². The molecular weight excluding hydrogens is 328 g/mol. The Balaban J connectivity index is 1.90. The third-order valence-electron chi connectivity index (χ3n) is 4.57. The molecule has 0 unspecified atom stereocenters. The second-order valence-corrected chi connectivity index (χ2v) is 8.56. The van der Waals surface area contributed by atoms with E-state index >= 15 is 0 Å². The molecule has 0 atom stereocenters. The van der Waals surface area contributed by atoms with Crippen molar-refractivity contribution < 1.29 is 0 Å². The van der Waals surface area contributed by atoms with E-state index < -0.39 is 0 Å². The Labute approximate surface area is 142 Å². The van der Waals surface area contributed by atoms with Crippen LogP contribution in [-0.4, -0.2) is 0 Å². The predicted octanol–water partition coefficient (Wildman–Crippen LogP) is 6.93. The summed E-state index contributed by atoms with van der Waals surface area (Å²) in [5.41, 5.74) is 4.42. The standard InChI is InChI=1S/C19H13ClS2/c20-17-10-15-13-8-4-7-12(13)14-9-16(11-5-2-1-3-6-11)21-18(14)19(15)22-17/h1-3,5-6,9-10H,4,7-8H2. The second-order valence-electron chi connectivity index (χ2n) is 5.82. The molecule has 3 heteroatoms. The van der Waals surface area contributed by atoms with Gasteiger partial charge in [0.05, 0.1) is 13.7 Å².